The third-order valence-electron chi connectivity index (χ3n) is 1.67. The van der Waals surface area contributed by atoms with Crippen LogP contribution in [0.15, 0.2) is 17.7 Å². The first-order valence-corrected chi connectivity index (χ1v) is 6.49. The maximum atomic E-state index is 9.75. The zero-order valence-electron chi connectivity index (χ0n) is 8.89. The second kappa shape index (κ2) is 6.94. The molecule has 0 aliphatic carbocycles. The van der Waals surface area contributed by atoms with E-state index < -0.39 is 7.25 Å². The van der Waals surface area contributed by atoms with E-state index in [1.54, 1.807) is 0 Å². The number of rotatable bonds is 3. The molecule has 1 heterocycles. The highest BCUT2D eigenvalue weighted by molar-refractivity contribution is 7.47. The van der Waals surface area contributed by atoms with Crippen LogP contribution < -0.4 is 0 Å². The van der Waals surface area contributed by atoms with E-state index in [-0.39, 0.29) is 7.53 Å². The Labute approximate surface area is 88.9 Å². The van der Waals surface area contributed by atoms with Crippen LogP contribution >= 0.6 is 7.53 Å². The summed E-state index contributed by atoms with van der Waals surface area (Å²) in [5.41, 5.74) is 1.46. The van der Waals surface area contributed by atoms with Crippen LogP contribution in [-0.4, -0.2) is 7.25 Å². The summed E-state index contributed by atoms with van der Waals surface area (Å²) in [6, 6.07) is 2.25. The van der Waals surface area contributed by atoms with Crippen LogP contribution in [0.2, 0.25) is 0 Å². The van der Waals surface area contributed by atoms with E-state index >= 15 is 0 Å². The Morgan fingerprint density at radius 1 is 1.27 bits per heavy atom. The molecule has 0 spiro atoms. The van der Waals surface area contributed by atoms with Crippen molar-refractivity contribution in [3.8, 4) is 0 Å². The van der Waals surface area contributed by atoms with Gasteiger partial charge in [-0.2, -0.15) is 0 Å². The Morgan fingerprint density at radius 2 is 1.80 bits per heavy atom. The molecule has 0 bridgehead atoms. The number of aryl methyl sites for hydroxylation is 2. The Balaban J connectivity index is 0.000000336. The Kier molecular flexibility index (Phi) is 6.74. The van der Waals surface area contributed by atoms with Gasteiger partial charge in [-0.05, 0) is 36.7 Å². The van der Waals surface area contributed by atoms with Gasteiger partial charge in [0.2, 0.25) is 0 Å². The third kappa shape index (κ3) is 11.5. The largest absolute Gasteiger partial charge is 0.673 e. The fraction of sp³-hybridized carbons (Fsp3) is 0.556. The number of hydrogen-bond acceptors (Lipinski definition) is 0. The molecular formula is C9H15BF4P-. The van der Waals surface area contributed by atoms with Gasteiger partial charge in [-0.3, -0.25) is 0 Å². The van der Waals surface area contributed by atoms with E-state index in [1.165, 1.54) is 24.6 Å². The molecule has 15 heavy (non-hydrogen) atoms. The van der Waals surface area contributed by atoms with Crippen LogP contribution in [-0.2, 0) is 6.16 Å². The Bertz CT molecular complexity index is 263. The fourth-order valence-electron chi connectivity index (χ4n) is 1.04. The molecule has 6 heteroatoms. The SMILES string of the molecule is CCCCp1ccc(C)c1.F[B-](F)(F)F. The van der Waals surface area contributed by atoms with Crippen molar-refractivity contribution >= 4 is 14.8 Å². The first-order chi connectivity index (χ1) is 6.83. The van der Waals surface area contributed by atoms with Crippen molar-refractivity contribution in [2.24, 2.45) is 0 Å². The molecule has 0 N–H and O–H groups in total. The minimum absolute atomic E-state index is 0.167. The molecule has 0 nitrogen and oxygen atoms in total. The van der Waals surface area contributed by atoms with Crippen LogP contribution in [0.3, 0.4) is 0 Å². The average molecular weight is 241 g/mol. The summed E-state index contributed by atoms with van der Waals surface area (Å²) in [4.78, 5) is 0. The minimum atomic E-state index is -6.00. The lowest BCUT2D eigenvalue weighted by Crippen LogP contribution is -2.02. The molecule has 0 radical (unpaired) electrons. The summed E-state index contributed by atoms with van der Waals surface area (Å²) in [6.45, 7) is 4.44. The number of hydrogen-bond donors (Lipinski definition) is 0. The van der Waals surface area contributed by atoms with E-state index in [4.69, 9.17) is 0 Å². The lowest BCUT2D eigenvalue weighted by Gasteiger charge is -1.94. The van der Waals surface area contributed by atoms with Crippen molar-refractivity contribution in [1.82, 2.24) is 0 Å². The first kappa shape index (κ1) is 14.6. The lowest BCUT2D eigenvalue weighted by molar-refractivity contribution is 0.368. The molecule has 1 atom stereocenters. The van der Waals surface area contributed by atoms with Crippen molar-refractivity contribution in [3.63, 3.8) is 0 Å². The molecule has 1 aromatic heterocycles. The zero-order valence-corrected chi connectivity index (χ0v) is 9.78. The van der Waals surface area contributed by atoms with Gasteiger partial charge >= 0.3 is 7.25 Å². The molecule has 0 aromatic carbocycles. The van der Waals surface area contributed by atoms with Crippen LogP contribution in [0.5, 0.6) is 0 Å². The second-order valence-corrected chi connectivity index (χ2v) is 5.31. The average Bonchev–Trinajstić information content (AvgIpc) is 2.45. The molecule has 1 unspecified atom stereocenters. The van der Waals surface area contributed by atoms with Gasteiger partial charge < -0.3 is 17.3 Å². The van der Waals surface area contributed by atoms with Gasteiger partial charge in [0.1, 0.15) is 0 Å². The summed E-state index contributed by atoms with van der Waals surface area (Å²) in [6.07, 6.45) is 4.12. The molecule has 1 aromatic rings. The van der Waals surface area contributed by atoms with Gasteiger partial charge in [0.15, 0.2) is 0 Å². The topological polar surface area (TPSA) is 0 Å². The summed E-state index contributed by atoms with van der Waals surface area (Å²) in [5, 5.41) is 0. The van der Waals surface area contributed by atoms with E-state index in [2.05, 4.69) is 31.5 Å². The van der Waals surface area contributed by atoms with Gasteiger partial charge in [-0.15, -0.1) is 7.53 Å². The van der Waals surface area contributed by atoms with Crippen molar-refractivity contribution < 1.29 is 17.3 Å². The van der Waals surface area contributed by atoms with Crippen LogP contribution in [0.25, 0.3) is 0 Å². The molecule has 0 saturated carbocycles. The molecule has 0 aliphatic heterocycles. The molecule has 1 rings (SSSR count). The summed E-state index contributed by atoms with van der Waals surface area (Å²) < 4.78 is 39.0. The van der Waals surface area contributed by atoms with E-state index in [9.17, 15) is 17.3 Å². The Hall–Kier alpha value is -0.435. The Morgan fingerprint density at radius 3 is 2.13 bits per heavy atom. The zero-order chi connectivity index (χ0) is 11.9. The van der Waals surface area contributed by atoms with Crippen molar-refractivity contribution in [2.75, 3.05) is 0 Å². The quantitative estimate of drug-likeness (QED) is 0.511. The first-order valence-electron chi connectivity index (χ1n) is 4.82. The number of halogens is 4. The summed E-state index contributed by atoms with van der Waals surface area (Å²) in [5.74, 6) is 4.80. The maximum Gasteiger partial charge on any atom is 0.673 e. The number of unbranched alkanes of at least 4 members (excludes halogenated alkanes) is 1. The minimum Gasteiger partial charge on any atom is -0.418 e. The molecule has 0 fully saturated rings. The van der Waals surface area contributed by atoms with E-state index in [1.807, 2.05) is 0 Å². The maximum absolute atomic E-state index is 9.75. The van der Waals surface area contributed by atoms with Gasteiger partial charge in [-0.25, -0.2) is 0 Å². The molecule has 0 saturated heterocycles. The monoisotopic (exact) mass is 241 g/mol. The molecular weight excluding hydrogens is 226 g/mol. The highest BCUT2D eigenvalue weighted by Crippen LogP contribution is 2.31. The molecule has 0 aliphatic rings. The van der Waals surface area contributed by atoms with E-state index in [0.717, 1.165) is 0 Å². The van der Waals surface area contributed by atoms with Gasteiger partial charge in [0.05, 0.1) is 0 Å². The molecule has 88 valence electrons. The standard InChI is InChI=1S/C9H15P.BF4/c1-3-4-6-10-7-5-9(2)8-10;2-1(3,4)5/h5,7-8H,3-4,6H2,1-2H3;/q;-1. The predicted molar refractivity (Wildman–Crippen MR) is 59.0 cm³/mol. The highest BCUT2D eigenvalue weighted by Gasteiger charge is 2.20. The van der Waals surface area contributed by atoms with Crippen LogP contribution in [0.4, 0.5) is 17.3 Å². The van der Waals surface area contributed by atoms with Crippen LogP contribution in [0.1, 0.15) is 25.3 Å². The van der Waals surface area contributed by atoms with Gasteiger partial charge in [0.25, 0.3) is 0 Å². The fourth-order valence-corrected chi connectivity index (χ4v) is 3.12. The second-order valence-electron chi connectivity index (χ2n) is 3.28. The highest BCUT2D eigenvalue weighted by atomic mass is 31.1. The van der Waals surface area contributed by atoms with E-state index in [0.29, 0.717) is 0 Å². The van der Waals surface area contributed by atoms with Crippen molar-refractivity contribution in [3.05, 3.63) is 23.2 Å². The summed E-state index contributed by atoms with van der Waals surface area (Å²) >= 11 is 0. The third-order valence-corrected chi connectivity index (χ3v) is 3.77. The lowest BCUT2D eigenvalue weighted by atomic mass is 10.3. The normalized spacial score (nSPS) is 12.0. The smallest absolute Gasteiger partial charge is 0.418 e. The van der Waals surface area contributed by atoms with Gasteiger partial charge in [-0.1, -0.05) is 19.4 Å². The van der Waals surface area contributed by atoms with Crippen molar-refractivity contribution in [2.45, 2.75) is 32.9 Å². The van der Waals surface area contributed by atoms with Gasteiger partial charge in [0, 0.05) is 0 Å². The molecule has 0 amide bonds. The summed E-state index contributed by atoms with van der Waals surface area (Å²) in [7, 11) is -5.83. The van der Waals surface area contributed by atoms with Crippen LogP contribution in [0, 0.1) is 6.92 Å². The van der Waals surface area contributed by atoms with Crippen molar-refractivity contribution in [1.29, 1.82) is 0 Å². The predicted octanol–water partition coefficient (Wildman–Crippen LogP) is 5.08.